The van der Waals surface area contributed by atoms with Crippen molar-refractivity contribution in [2.45, 2.75) is 33.1 Å². The van der Waals surface area contributed by atoms with Gasteiger partial charge in [-0.15, -0.1) is 0 Å². The van der Waals surface area contributed by atoms with E-state index in [2.05, 4.69) is 43.2 Å². The SMILES string of the molecule is CC1=CN(CCc2c[nH]c3ccc(C)cc23)C(=O)CC1. The lowest BCUT2D eigenvalue weighted by molar-refractivity contribution is -0.129. The van der Waals surface area contributed by atoms with Gasteiger partial charge in [-0.2, -0.15) is 0 Å². The molecule has 1 aliphatic heterocycles. The van der Waals surface area contributed by atoms with Crippen LogP contribution >= 0.6 is 0 Å². The maximum absolute atomic E-state index is 11.9. The van der Waals surface area contributed by atoms with Crippen LogP contribution in [0.3, 0.4) is 0 Å². The molecule has 1 aromatic heterocycles. The first-order chi connectivity index (χ1) is 9.63. The predicted octanol–water partition coefficient (Wildman–Crippen LogP) is 3.55. The first-order valence-electron chi connectivity index (χ1n) is 7.17. The molecule has 1 aliphatic rings. The van der Waals surface area contributed by atoms with Gasteiger partial charge in [0.25, 0.3) is 0 Å². The Balaban J connectivity index is 1.78. The van der Waals surface area contributed by atoms with E-state index in [1.165, 1.54) is 27.6 Å². The number of fused-ring (bicyclic) bond motifs is 1. The lowest BCUT2D eigenvalue weighted by Gasteiger charge is -2.23. The van der Waals surface area contributed by atoms with E-state index in [4.69, 9.17) is 0 Å². The van der Waals surface area contributed by atoms with Gasteiger partial charge in [0.1, 0.15) is 0 Å². The molecular formula is C17H20N2O. The molecule has 0 fully saturated rings. The highest BCUT2D eigenvalue weighted by atomic mass is 16.2. The number of benzene rings is 1. The number of hydrogen-bond donors (Lipinski definition) is 1. The van der Waals surface area contributed by atoms with Gasteiger partial charge in [-0.05, 0) is 44.4 Å². The monoisotopic (exact) mass is 268 g/mol. The second kappa shape index (κ2) is 5.16. The van der Waals surface area contributed by atoms with Crippen LogP contribution in [0, 0.1) is 6.92 Å². The van der Waals surface area contributed by atoms with Crippen molar-refractivity contribution in [3.8, 4) is 0 Å². The fourth-order valence-electron chi connectivity index (χ4n) is 2.78. The van der Waals surface area contributed by atoms with Gasteiger partial charge in [0, 0.05) is 36.3 Å². The van der Waals surface area contributed by atoms with Gasteiger partial charge in [0.2, 0.25) is 5.91 Å². The summed E-state index contributed by atoms with van der Waals surface area (Å²) in [5.74, 6) is 0.242. The minimum absolute atomic E-state index is 0.242. The Bertz CT molecular complexity index is 681. The topological polar surface area (TPSA) is 36.1 Å². The predicted molar refractivity (Wildman–Crippen MR) is 81.4 cm³/mol. The summed E-state index contributed by atoms with van der Waals surface area (Å²) in [6, 6.07) is 6.44. The van der Waals surface area contributed by atoms with Crippen molar-refractivity contribution in [2.75, 3.05) is 6.54 Å². The third-order valence-electron chi connectivity index (χ3n) is 3.97. The second-order valence-corrected chi connectivity index (χ2v) is 5.68. The number of nitrogens with zero attached hydrogens (tertiary/aromatic N) is 1. The number of allylic oxidation sites excluding steroid dienone is 1. The summed E-state index contributed by atoms with van der Waals surface area (Å²) in [6.45, 7) is 4.96. The average Bonchev–Trinajstić information content (AvgIpc) is 2.82. The summed E-state index contributed by atoms with van der Waals surface area (Å²) in [6.07, 6.45) is 6.51. The Morgan fingerprint density at radius 2 is 2.10 bits per heavy atom. The largest absolute Gasteiger partial charge is 0.361 e. The number of aryl methyl sites for hydroxylation is 1. The number of amides is 1. The third kappa shape index (κ3) is 2.48. The molecule has 0 spiro atoms. The van der Waals surface area contributed by atoms with Crippen LogP contribution in [0.4, 0.5) is 0 Å². The summed E-state index contributed by atoms with van der Waals surface area (Å²) >= 11 is 0. The van der Waals surface area contributed by atoms with E-state index in [9.17, 15) is 4.79 Å². The number of rotatable bonds is 3. The maximum Gasteiger partial charge on any atom is 0.226 e. The summed E-state index contributed by atoms with van der Waals surface area (Å²) in [4.78, 5) is 17.1. The molecule has 1 amide bonds. The number of hydrogen-bond acceptors (Lipinski definition) is 1. The van der Waals surface area contributed by atoms with Crippen LogP contribution in [0.15, 0.2) is 36.2 Å². The van der Waals surface area contributed by atoms with Crippen molar-refractivity contribution in [2.24, 2.45) is 0 Å². The highest BCUT2D eigenvalue weighted by molar-refractivity contribution is 5.84. The lowest BCUT2D eigenvalue weighted by atomic mass is 10.1. The van der Waals surface area contributed by atoms with Gasteiger partial charge in [-0.1, -0.05) is 17.2 Å². The van der Waals surface area contributed by atoms with E-state index in [0.29, 0.717) is 6.42 Å². The Labute approximate surface area is 119 Å². The summed E-state index contributed by atoms with van der Waals surface area (Å²) in [5.41, 5.74) is 5.01. The van der Waals surface area contributed by atoms with Crippen molar-refractivity contribution in [3.05, 3.63) is 47.3 Å². The van der Waals surface area contributed by atoms with Crippen LogP contribution in [0.1, 0.15) is 30.9 Å². The fraction of sp³-hybridized carbons (Fsp3) is 0.353. The standard InChI is InChI=1S/C17H20N2O/c1-12-3-5-16-15(9-12)14(10-18-16)7-8-19-11-13(2)4-6-17(19)20/h3,5,9-11,18H,4,6-8H2,1-2H3. The van der Waals surface area contributed by atoms with Crippen molar-refractivity contribution in [1.29, 1.82) is 0 Å². The number of nitrogens with one attached hydrogen (secondary N) is 1. The van der Waals surface area contributed by atoms with Crippen molar-refractivity contribution >= 4 is 16.8 Å². The highest BCUT2D eigenvalue weighted by Crippen LogP contribution is 2.21. The van der Waals surface area contributed by atoms with E-state index < -0.39 is 0 Å². The molecule has 0 unspecified atom stereocenters. The van der Waals surface area contributed by atoms with Crippen LogP contribution in [0.2, 0.25) is 0 Å². The van der Waals surface area contributed by atoms with E-state index in [1.54, 1.807) is 0 Å². The fourth-order valence-corrected chi connectivity index (χ4v) is 2.78. The number of carbonyl (C=O) groups excluding carboxylic acids is 1. The first kappa shape index (κ1) is 13.0. The van der Waals surface area contributed by atoms with Gasteiger partial charge in [-0.25, -0.2) is 0 Å². The van der Waals surface area contributed by atoms with Gasteiger partial charge in [0.15, 0.2) is 0 Å². The van der Waals surface area contributed by atoms with Crippen LogP contribution in [-0.4, -0.2) is 22.3 Å². The number of carbonyl (C=O) groups is 1. The summed E-state index contributed by atoms with van der Waals surface area (Å²) in [7, 11) is 0. The lowest BCUT2D eigenvalue weighted by Crippen LogP contribution is -2.30. The molecule has 20 heavy (non-hydrogen) atoms. The van der Waals surface area contributed by atoms with Crippen molar-refractivity contribution < 1.29 is 4.79 Å². The first-order valence-corrected chi connectivity index (χ1v) is 7.17. The number of aromatic amines is 1. The third-order valence-corrected chi connectivity index (χ3v) is 3.97. The minimum Gasteiger partial charge on any atom is -0.361 e. The van der Waals surface area contributed by atoms with E-state index in [0.717, 1.165) is 19.4 Å². The number of H-pyrrole nitrogens is 1. The molecule has 104 valence electrons. The van der Waals surface area contributed by atoms with Gasteiger partial charge < -0.3 is 9.88 Å². The Kier molecular flexibility index (Phi) is 3.35. The molecule has 0 saturated heterocycles. The molecule has 1 aromatic carbocycles. The maximum atomic E-state index is 11.9. The zero-order valence-electron chi connectivity index (χ0n) is 12.1. The number of aromatic nitrogens is 1. The molecule has 0 radical (unpaired) electrons. The van der Waals surface area contributed by atoms with Crippen LogP contribution < -0.4 is 0 Å². The van der Waals surface area contributed by atoms with Gasteiger partial charge in [0.05, 0.1) is 0 Å². The zero-order valence-corrected chi connectivity index (χ0v) is 12.1. The molecule has 2 heterocycles. The molecule has 0 aliphatic carbocycles. The Hall–Kier alpha value is -2.03. The van der Waals surface area contributed by atoms with Gasteiger partial charge in [-0.3, -0.25) is 4.79 Å². The average molecular weight is 268 g/mol. The van der Waals surface area contributed by atoms with Crippen molar-refractivity contribution in [1.82, 2.24) is 9.88 Å². The van der Waals surface area contributed by atoms with Crippen LogP contribution in [0.5, 0.6) is 0 Å². The normalized spacial score (nSPS) is 15.8. The highest BCUT2D eigenvalue weighted by Gasteiger charge is 2.16. The summed E-state index contributed by atoms with van der Waals surface area (Å²) in [5, 5.41) is 1.27. The Morgan fingerprint density at radius 3 is 2.95 bits per heavy atom. The summed E-state index contributed by atoms with van der Waals surface area (Å²) < 4.78 is 0. The molecular weight excluding hydrogens is 248 g/mol. The zero-order chi connectivity index (χ0) is 14.1. The minimum atomic E-state index is 0.242. The molecule has 0 bridgehead atoms. The molecule has 1 N–H and O–H groups in total. The Morgan fingerprint density at radius 1 is 1.25 bits per heavy atom. The van der Waals surface area contributed by atoms with Crippen LogP contribution in [-0.2, 0) is 11.2 Å². The molecule has 3 rings (SSSR count). The molecule has 3 heteroatoms. The quantitative estimate of drug-likeness (QED) is 0.908. The van der Waals surface area contributed by atoms with Gasteiger partial charge >= 0.3 is 0 Å². The smallest absolute Gasteiger partial charge is 0.226 e. The molecule has 3 nitrogen and oxygen atoms in total. The molecule has 0 atom stereocenters. The van der Waals surface area contributed by atoms with Crippen molar-refractivity contribution in [3.63, 3.8) is 0 Å². The molecule has 2 aromatic rings. The molecule has 0 saturated carbocycles. The second-order valence-electron chi connectivity index (χ2n) is 5.68. The van der Waals surface area contributed by atoms with E-state index in [1.807, 2.05) is 11.1 Å². The van der Waals surface area contributed by atoms with Crippen LogP contribution in [0.25, 0.3) is 10.9 Å². The van der Waals surface area contributed by atoms with E-state index >= 15 is 0 Å². The van der Waals surface area contributed by atoms with E-state index in [-0.39, 0.29) is 5.91 Å².